The lowest BCUT2D eigenvalue weighted by molar-refractivity contribution is 1.12. The third kappa shape index (κ3) is 6.20. The van der Waals surface area contributed by atoms with Crippen LogP contribution < -0.4 is 4.90 Å². The van der Waals surface area contributed by atoms with Crippen molar-refractivity contribution in [1.29, 1.82) is 0 Å². The first-order valence-electron chi connectivity index (χ1n) is 21.8. The van der Waals surface area contributed by atoms with Crippen LogP contribution in [0.15, 0.2) is 224 Å². The summed E-state index contributed by atoms with van der Waals surface area (Å²) in [4.78, 5) is 2.44. The first kappa shape index (κ1) is 36.7. The van der Waals surface area contributed by atoms with Crippen LogP contribution >= 0.6 is 0 Å². The van der Waals surface area contributed by atoms with E-state index >= 15 is 0 Å². The predicted octanol–water partition coefficient (Wildman–Crippen LogP) is 16.5. The fourth-order valence-corrected chi connectivity index (χ4v) is 9.83. The molecule has 298 valence electrons. The van der Waals surface area contributed by atoms with Crippen LogP contribution in [0.25, 0.3) is 88.0 Å². The van der Waals surface area contributed by atoms with Gasteiger partial charge in [-0.3, -0.25) is 0 Å². The second-order valence-corrected chi connectivity index (χ2v) is 16.8. The number of fused-ring (bicyclic) bond motifs is 7. The molecular weight excluding hydrogens is 763 g/mol. The number of hydrogen-bond donors (Lipinski definition) is 0. The molecule has 3 nitrogen and oxygen atoms in total. The van der Waals surface area contributed by atoms with Gasteiger partial charge in [0.1, 0.15) is 0 Å². The Morgan fingerprint density at radius 1 is 0.302 bits per heavy atom. The summed E-state index contributed by atoms with van der Waals surface area (Å²) in [5.74, 6) is 0. The molecule has 0 radical (unpaired) electrons. The van der Waals surface area contributed by atoms with Crippen molar-refractivity contribution in [2.75, 3.05) is 4.90 Å². The maximum Gasteiger partial charge on any atom is 0.0541 e. The van der Waals surface area contributed by atoms with E-state index in [2.05, 4.69) is 252 Å². The number of nitrogens with zero attached hydrogens (tertiary/aromatic N) is 3. The molecule has 0 aliphatic heterocycles. The summed E-state index contributed by atoms with van der Waals surface area (Å²) in [7, 11) is 0. The van der Waals surface area contributed by atoms with Crippen LogP contribution in [0, 0.1) is 13.8 Å². The zero-order valence-electron chi connectivity index (χ0n) is 35.2. The molecule has 0 saturated carbocycles. The molecule has 0 aliphatic carbocycles. The SMILES string of the molecule is Cc1ccc2c(c1)c1cc(C)ccc1n2-c1cc(N(c2ccccc2)c2cccc3ccccc23)cc(-n2c3ccc(-c4ccccc4)cc3c3cc(-c4ccccc4)ccc32)c1. The van der Waals surface area contributed by atoms with Crippen LogP contribution in [-0.2, 0) is 0 Å². The van der Waals surface area contributed by atoms with Crippen molar-refractivity contribution in [3.05, 3.63) is 236 Å². The van der Waals surface area contributed by atoms with Crippen LogP contribution in [0.4, 0.5) is 17.1 Å². The Morgan fingerprint density at radius 2 is 0.746 bits per heavy atom. The highest BCUT2D eigenvalue weighted by Crippen LogP contribution is 2.44. The van der Waals surface area contributed by atoms with Crippen molar-refractivity contribution in [3.8, 4) is 33.6 Å². The standard InChI is InChI=1S/C60H43N3/c1-40-25-29-57-52(33-40)53-34-41(2)26-30-58(53)62(57)49-37-48(61(47-21-10-5-11-22-47)56-24-14-20-44-19-12-13-23-51(44)56)38-50(39-49)63-59-31-27-45(42-15-6-3-7-16-42)35-54(59)55-36-46(28-32-60(55)63)43-17-8-4-9-18-43/h3-39H,1-2H3. The molecule has 2 heterocycles. The summed E-state index contributed by atoms with van der Waals surface area (Å²) in [5.41, 5.74) is 17.4. The van der Waals surface area contributed by atoms with Crippen LogP contribution in [0.2, 0.25) is 0 Å². The van der Waals surface area contributed by atoms with Crippen LogP contribution in [-0.4, -0.2) is 9.13 Å². The molecule has 0 atom stereocenters. The predicted molar refractivity (Wildman–Crippen MR) is 268 cm³/mol. The normalized spacial score (nSPS) is 11.7. The second-order valence-electron chi connectivity index (χ2n) is 16.8. The molecule has 0 N–H and O–H groups in total. The summed E-state index contributed by atoms with van der Waals surface area (Å²) in [6.45, 7) is 4.38. The topological polar surface area (TPSA) is 13.1 Å². The van der Waals surface area contributed by atoms with Crippen molar-refractivity contribution in [2.45, 2.75) is 13.8 Å². The van der Waals surface area contributed by atoms with Gasteiger partial charge in [-0.05, 0) is 126 Å². The summed E-state index contributed by atoms with van der Waals surface area (Å²) < 4.78 is 4.95. The molecule has 0 saturated heterocycles. The third-order valence-corrected chi connectivity index (χ3v) is 12.7. The average molecular weight is 806 g/mol. The minimum absolute atomic E-state index is 1.07. The van der Waals surface area contributed by atoms with E-state index in [-0.39, 0.29) is 0 Å². The molecule has 0 aliphatic rings. The summed E-state index contributed by atoms with van der Waals surface area (Å²) in [6, 6.07) is 82.5. The molecule has 12 aromatic rings. The molecule has 0 unspecified atom stereocenters. The molecule has 12 rings (SSSR count). The molecule has 10 aromatic carbocycles. The molecule has 0 amide bonds. The van der Waals surface area contributed by atoms with Crippen LogP contribution in [0.1, 0.15) is 11.1 Å². The van der Waals surface area contributed by atoms with E-state index in [0.717, 1.165) is 39.5 Å². The van der Waals surface area contributed by atoms with Crippen molar-refractivity contribution in [3.63, 3.8) is 0 Å². The lowest BCUT2D eigenvalue weighted by atomic mass is 10.0. The van der Waals surface area contributed by atoms with Gasteiger partial charge in [0, 0.05) is 32.6 Å². The molecule has 0 bridgehead atoms. The van der Waals surface area contributed by atoms with Crippen molar-refractivity contribution in [1.82, 2.24) is 9.13 Å². The fraction of sp³-hybridized carbons (Fsp3) is 0.0333. The van der Waals surface area contributed by atoms with Crippen molar-refractivity contribution < 1.29 is 0 Å². The van der Waals surface area contributed by atoms with Gasteiger partial charge in [-0.1, -0.05) is 151 Å². The Balaban J connectivity index is 1.20. The van der Waals surface area contributed by atoms with E-state index in [1.54, 1.807) is 0 Å². The highest BCUT2D eigenvalue weighted by atomic mass is 15.2. The first-order valence-corrected chi connectivity index (χ1v) is 21.8. The van der Waals surface area contributed by atoms with Crippen molar-refractivity contribution >= 4 is 71.4 Å². The maximum absolute atomic E-state index is 2.48. The Kier molecular flexibility index (Phi) is 8.62. The van der Waals surface area contributed by atoms with Gasteiger partial charge in [-0.25, -0.2) is 0 Å². The highest BCUT2D eigenvalue weighted by molar-refractivity contribution is 6.13. The summed E-state index contributed by atoms with van der Waals surface area (Å²) in [6.07, 6.45) is 0. The van der Waals surface area contributed by atoms with E-state index in [0.29, 0.717) is 0 Å². The maximum atomic E-state index is 2.48. The van der Waals surface area contributed by atoms with E-state index in [1.165, 1.54) is 76.7 Å². The number of anilines is 3. The largest absolute Gasteiger partial charge is 0.310 e. The second kappa shape index (κ2) is 14.8. The number of hydrogen-bond acceptors (Lipinski definition) is 1. The van der Waals surface area contributed by atoms with Gasteiger partial charge in [-0.15, -0.1) is 0 Å². The Bertz CT molecular complexity index is 3530. The fourth-order valence-electron chi connectivity index (χ4n) is 9.83. The molecule has 63 heavy (non-hydrogen) atoms. The zero-order chi connectivity index (χ0) is 42.0. The first-order chi connectivity index (χ1) is 31.1. The van der Waals surface area contributed by atoms with Gasteiger partial charge >= 0.3 is 0 Å². The number of rotatable bonds is 7. The molecule has 2 aromatic heterocycles. The van der Waals surface area contributed by atoms with E-state index < -0.39 is 0 Å². The summed E-state index contributed by atoms with van der Waals surface area (Å²) in [5, 5.41) is 7.34. The molecule has 0 spiro atoms. The highest BCUT2D eigenvalue weighted by Gasteiger charge is 2.22. The smallest absolute Gasteiger partial charge is 0.0541 e. The Labute approximate surface area is 367 Å². The minimum Gasteiger partial charge on any atom is -0.310 e. The van der Waals surface area contributed by atoms with Gasteiger partial charge in [-0.2, -0.15) is 0 Å². The lowest BCUT2D eigenvalue weighted by Gasteiger charge is -2.28. The van der Waals surface area contributed by atoms with Gasteiger partial charge < -0.3 is 14.0 Å². The average Bonchev–Trinajstić information content (AvgIpc) is 3.83. The number of aryl methyl sites for hydroxylation is 2. The van der Waals surface area contributed by atoms with Gasteiger partial charge in [0.15, 0.2) is 0 Å². The monoisotopic (exact) mass is 805 g/mol. The van der Waals surface area contributed by atoms with Crippen LogP contribution in [0.3, 0.4) is 0 Å². The quantitative estimate of drug-likeness (QED) is 0.156. The Hall–Kier alpha value is -8.14. The Morgan fingerprint density at radius 3 is 1.29 bits per heavy atom. The molecule has 3 heteroatoms. The number of para-hydroxylation sites is 1. The minimum atomic E-state index is 1.07. The lowest BCUT2D eigenvalue weighted by Crippen LogP contribution is -2.12. The van der Waals surface area contributed by atoms with Gasteiger partial charge in [0.05, 0.1) is 44.8 Å². The number of benzene rings is 10. The number of aromatic nitrogens is 2. The van der Waals surface area contributed by atoms with Crippen molar-refractivity contribution in [2.24, 2.45) is 0 Å². The van der Waals surface area contributed by atoms with Gasteiger partial charge in [0.2, 0.25) is 0 Å². The van der Waals surface area contributed by atoms with Crippen LogP contribution in [0.5, 0.6) is 0 Å². The summed E-state index contributed by atoms with van der Waals surface area (Å²) >= 11 is 0. The molecular formula is C60H43N3. The van der Waals surface area contributed by atoms with E-state index in [9.17, 15) is 0 Å². The zero-order valence-corrected chi connectivity index (χ0v) is 35.2. The van der Waals surface area contributed by atoms with E-state index in [1.807, 2.05) is 0 Å². The van der Waals surface area contributed by atoms with E-state index in [4.69, 9.17) is 0 Å². The molecule has 0 fully saturated rings. The van der Waals surface area contributed by atoms with Gasteiger partial charge in [0.25, 0.3) is 0 Å². The third-order valence-electron chi connectivity index (χ3n) is 12.7.